The van der Waals surface area contributed by atoms with Gasteiger partial charge in [-0.2, -0.15) is 0 Å². The van der Waals surface area contributed by atoms with Gasteiger partial charge in [0.15, 0.2) is 5.96 Å². The predicted octanol–water partition coefficient (Wildman–Crippen LogP) is 2.58. The average molecular weight is 447 g/mol. The zero-order chi connectivity index (χ0) is 16.7. The van der Waals surface area contributed by atoms with Crippen molar-refractivity contribution in [1.29, 1.82) is 0 Å². The summed E-state index contributed by atoms with van der Waals surface area (Å²) >= 11 is 0. The molecule has 1 aliphatic heterocycles. The van der Waals surface area contributed by atoms with Gasteiger partial charge in [0, 0.05) is 32.7 Å². The highest BCUT2D eigenvalue weighted by Gasteiger charge is 2.19. The van der Waals surface area contributed by atoms with Crippen molar-refractivity contribution >= 4 is 29.9 Å². The van der Waals surface area contributed by atoms with E-state index in [0.717, 1.165) is 44.2 Å². The Morgan fingerprint density at radius 2 is 2.12 bits per heavy atom. The number of aryl methyl sites for hydroxylation is 1. The average Bonchev–Trinajstić information content (AvgIpc) is 3.04. The van der Waals surface area contributed by atoms with Crippen molar-refractivity contribution < 1.29 is 9.84 Å². The summed E-state index contributed by atoms with van der Waals surface area (Å²) in [5, 5.41) is 13.6. The van der Waals surface area contributed by atoms with Crippen LogP contribution in [0.3, 0.4) is 0 Å². The number of ether oxygens (including phenoxy) is 1. The third-order valence-electron chi connectivity index (χ3n) is 4.13. The summed E-state index contributed by atoms with van der Waals surface area (Å²) in [5.74, 6) is 1.40. The van der Waals surface area contributed by atoms with E-state index in [1.54, 1.807) is 0 Å². The zero-order valence-corrected chi connectivity index (χ0v) is 17.2. The van der Waals surface area contributed by atoms with Crippen LogP contribution in [0.1, 0.15) is 30.6 Å². The molecule has 1 aromatic rings. The third kappa shape index (κ3) is 6.57. The first-order valence-electron chi connectivity index (χ1n) is 8.42. The largest absolute Gasteiger partial charge is 0.386 e. The van der Waals surface area contributed by atoms with Gasteiger partial charge < -0.3 is 20.1 Å². The van der Waals surface area contributed by atoms with Gasteiger partial charge in [-0.15, -0.1) is 24.0 Å². The number of hydrogen-bond acceptors (Lipinski definition) is 3. The van der Waals surface area contributed by atoms with Crippen LogP contribution in [-0.2, 0) is 4.74 Å². The summed E-state index contributed by atoms with van der Waals surface area (Å²) in [6.07, 6.45) is 0.530. The molecule has 136 valence electrons. The summed E-state index contributed by atoms with van der Waals surface area (Å²) in [6, 6.07) is 7.95. The van der Waals surface area contributed by atoms with Crippen molar-refractivity contribution in [2.75, 3.05) is 39.9 Å². The van der Waals surface area contributed by atoms with Crippen LogP contribution < -0.4 is 5.32 Å². The topological polar surface area (TPSA) is 57.1 Å². The molecule has 1 aromatic carbocycles. The van der Waals surface area contributed by atoms with Crippen LogP contribution in [-0.4, -0.2) is 55.9 Å². The van der Waals surface area contributed by atoms with E-state index in [-0.39, 0.29) is 24.0 Å². The molecule has 0 bridgehead atoms. The Balaban J connectivity index is 0.00000288. The molecule has 0 aromatic heterocycles. The summed E-state index contributed by atoms with van der Waals surface area (Å²) in [7, 11) is 2.04. The number of hydrogen-bond donors (Lipinski definition) is 2. The molecule has 2 unspecified atom stereocenters. The summed E-state index contributed by atoms with van der Waals surface area (Å²) in [6.45, 7) is 7.88. The molecule has 24 heavy (non-hydrogen) atoms. The van der Waals surface area contributed by atoms with Crippen LogP contribution in [0.2, 0.25) is 0 Å². The number of aliphatic hydroxyl groups excluding tert-OH is 1. The number of guanidine groups is 1. The molecule has 0 saturated carbocycles. The quantitative estimate of drug-likeness (QED) is 0.400. The fourth-order valence-electron chi connectivity index (χ4n) is 2.74. The van der Waals surface area contributed by atoms with Crippen LogP contribution >= 0.6 is 24.0 Å². The molecule has 0 radical (unpaired) electrons. The Labute approximate surface area is 162 Å². The highest BCUT2D eigenvalue weighted by Crippen LogP contribution is 2.15. The van der Waals surface area contributed by atoms with Gasteiger partial charge in [-0.25, -0.2) is 0 Å². The lowest BCUT2D eigenvalue weighted by Crippen LogP contribution is -2.41. The fourth-order valence-corrected chi connectivity index (χ4v) is 2.74. The van der Waals surface area contributed by atoms with Gasteiger partial charge in [0.05, 0.1) is 19.3 Å². The van der Waals surface area contributed by atoms with Crippen LogP contribution in [0.25, 0.3) is 0 Å². The highest BCUT2D eigenvalue weighted by atomic mass is 127. The summed E-state index contributed by atoms with van der Waals surface area (Å²) in [4.78, 5) is 6.72. The maximum Gasteiger partial charge on any atom is 0.193 e. The second-order valence-electron chi connectivity index (χ2n) is 6.23. The Kier molecular flexibility index (Phi) is 9.61. The molecule has 0 spiro atoms. The Hall–Kier alpha value is -0.860. The molecule has 2 N–H and O–H groups in total. The lowest BCUT2D eigenvalue weighted by Gasteiger charge is -2.25. The van der Waals surface area contributed by atoms with Crippen molar-refractivity contribution in [1.82, 2.24) is 10.2 Å². The zero-order valence-electron chi connectivity index (χ0n) is 14.9. The smallest absolute Gasteiger partial charge is 0.193 e. The molecular formula is C18H30IN3O2. The fraction of sp³-hybridized carbons (Fsp3) is 0.611. The number of nitrogens with zero attached hydrogens (tertiary/aromatic N) is 2. The lowest BCUT2D eigenvalue weighted by atomic mass is 10.1. The van der Waals surface area contributed by atoms with E-state index in [0.29, 0.717) is 12.5 Å². The number of nitrogens with one attached hydrogen (secondary N) is 1. The molecule has 2 atom stereocenters. The highest BCUT2D eigenvalue weighted by molar-refractivity contribution is 14.0. The van der Waals surface area contributed by atoms with E-state index in [9.17, 15) is 5.11 Å². The van der Waals surface area contributed by atoms with Crippen LogP contribution in [0.5, 0.6) is 0 Å². The van der Waals surface area contributed by atoms with Crippen LogP contribution in [0, 0.1) is 12.8 Å². The van der Waals surface area contributed by atoms with Crippen molar-refractivity contribution in [2.45, 2.75) is 26.4 Å². The van der Waals surface area contributed by atoms with E-state index >= 15 is 0 Å². The molecular weight excluding hydrogens is 417 g/mol. The van der Waals surface area contributed by atoms with E-state index in [2.05, 4.69) is 22.1 Å². The van der Waals surface area contributed by atoms with Gasteiger partial charge >= 0.3 is 0 Å². The normalized spacial score (nSPS) is 18.8. The van der Waals surface area contributed by atoms with Gasteiger partial charge in [-0.05, 0) is 25.8 Å². The Morgan fingerprint density at radius 3 is 2.71 bits per heavy atom. The van der Waals surface area contributed by atoms with E-state index in [4.69, 9.17) is 4.74 Å². The number of benzene rings is 1. The second kappa shape index (κ2) is 10.9. The van der Waals surface area contributed by atoms with Gasteiger partial charge in [0.2, 0.25) is 0 Å². The van der Waals surface area contributed by atoms with Crippen molar-refractivity contribution in [3.8, 4) is 0 Å². The van der Waals surface area contributed by atoms with E-state index in [1.807, 2.05) is 38.2 Å². The number of aliphatic hydroxyl groups is 1. The number of halogens is 1. The molecule has 1 heterocycles. The van der Waals surface area contributed by atoms with Gasteiger partial charge in [0.1, 0.15) is 0 Å². The molecule has 1 aliphatic rings. The van der Waals surface area contributed by atoms with Gasteiger partial charge in [-0.3, -0.25) is 4.99 Å². The lowest BCUT2D eigenvalue weighted by molar-refractivity contribution is 0.180. The maximum atomic E-state index is 10.3. The third-order valence-corrected chi connectivity index (χ3v) is 4.13. The summed E-state index contributed by atoms with van der Waals surface area (Å²) in [5.41, 5.74) is 2.10. The van der Waals surface area contributed by atoms with Gasteiger partial charge in [-0.1, -0.05) is 29.8 Å². The standard InChI is InChI=1S/C18H29N3O2.HI/c1-4-19-18(21(3)12-15-9-10-23-13-15)20-11-17(22)16-7-5-14(2)6-8-16;/h5-8,15,17,22H,4,9-13H2,1-3H3,(H,19,20);1H. The summed E-state index contributed by atoms with van der Waals surface area (Å²) < 4.78 is 5.44. The molecule has 5 nitrogen and oxygen atoms in total. The molecule has 1 saturated heterocycles. The number of rotatable bonds is 6. The van der Waals surface area contributed by atoms with E-state index in [1.165, 1.54) is 5.56 Å². The molecule has 0 amide bonds. The first-order chi connectivity index (χ1) is 11.1. The monoisotopic (exact) mass is 447 g/mol. The SMILES string of the molecule is CCNC(=NCC(O)c1ccc(C)cc1)N(C)CC1CCOC1.I. The molecule has 6 heteroatoms. The van der Waals surface area contributed by atoms with Crippen LogP contribution in [0.15, 0.2) is 29.3 Å². The minimum absolute atomic E-state index is 0. The van der Waals surface area contributed by atoms with Crippen LogP contribution in [0.4, 0.5) is 0 Å². The number of aliphatic imine (C=N–C) groups is 1. The Bertz CT molecular complexity index is 501. The molecule has 0 aliphatic carbocycles. The first kappa shape index (κ1) is 21.2. The Morgan fingerprint density at radius 1 is 1.42 bits per heavy atom. The van der Waals surface area contributed by atoms with E-state index < -0.39 is 6.10 Å². The molecule has 2 rings (SSSR count). The first-order valence-corrected chi connectivity index (χ1v) is 8.42. The van der Waals surface area contributed by atoms with Crippen molar-refractivity contribution in [3.05, 3.63) is 35.4 Å². The predicted molar refractivity (Wildman–Crippen MR) is 109 cm³/mol. The molecule has 1 fully saturated rings. The van der Waals surface area contributed by atoms with Crippen molar-refractivity contribution in [2.24, 2.45) is 10.9 Å². The van der Waals surface area contributed by atoms with Gasteiger partial charge in [0.25, 0.3) is 0 Å². The van der Waals surface area contributed by atoms with Crippen molar-refractivity contribution in [3.63, 3.8) is 0 Å². The second-order valence-corrected chi connectivity index (χ2v) is 6.23. The maximum absolute atomic E-state index is 10.3. The minimum atomic E-state index is -0.576. The minimum Gasteiger partial charge on any atom is -0.386 e.